The van der Waals surface area contributed by atoms with Gasteiger partial charge in [-0.15, -0.1) is 11.3 Å². The molecule has 0 amide bonds. The standard InChI is InChI=1S/C19H22F3N3OS/c20-19(21,22)17-9-16(3-6-23-17)26-11-13-4-7-25(8-5-13)10-15-12-27-18(24-15)14-1-2-14/h3,6,9,12-14H,1-2,4-5,7-8,10-11H2. The van der Waals surface area contributed by atoms with Gasteiger partial charge in [0.25, 0.3) is 0 Å². The van der Waals surface area contributed by atoms with Crippen LogP contribution in [0.25, 0.3) is 0 Å². The zero-order valence-corrected chi connectivity index (χ0v) is 15.7. The fourth-order valence-electron chi connectivity index (χ4n) is 3.32. The molecule has 8 heteroatoms. The highest BCUT2D eigenvalue weighted by molar-refractivity contribution is 7.09. The van der Waals surface area contributed by atoms with Gasteiger partial charge in [-0.25, -0.2) is 4.98 Å². The Morgan fingerprint density at radius 3 is 2.67 bits per heavy atom. The molecule has 0 N–H and O–H groups in total. The van der Waals surface area contributed by atoms with Crippen LogP contribution in [0, 0.1) is 5.92 Å². The molecule has 0 atom stereocenters. The number of nitrogens with zero attached hydrogens (tertiary/aromatic N) is 3. The lowest BCUT2D eigenvalue weighted by Gasteiger charge is -2.31. The molecule has 0 unspecified atom stereocenters. The van der Waals surface area contributed by atoms with Crippen molar-refractivity contribution in [2.45, 2.75) is 44.3 Å². The van der Waals surface area contributed by atoms with Gasteiger partial charge >= 0.3 is 6.18 Å². The molecule has 1 aliphatic heterocycles. The van der Waals surface area contributed by atoms with Crippen LogP contribution in [0.5, 0.6) is 5.75 Å². The maximum atomic E-state index is 12.7. The van der Waals surface area contributed by atoms with Crippen LogP contribution in [-0.4, -0.2) is 34.6 Å². The second kappa shape index (κ2) is 7.75. The number of halogens is 3. The normalized spacial score (nSPS) is 19.4. The van der Waals surface area contributed by atoms with Crippen molar-refractivity contribution in [2.24, 2.45) is 5.92 Å². The van der Waals surface area contributed by atoms with Gasteiger partial charge in [0.2, 0.25) is 0 Å². The highest BCUT2D eigenvalue weighted by atomic mass is 32.1. The summed E-state index contributed by atoms with van der Waals surface area (Å²) in [7, 11) is 0. The van der Waals surface area contributed by atoms with Gasteiger partial charge in [-0.05, 0) is 50.8 Å². The minimum atomic E-state index is -4.44. The first kappa shape index (κ1) is 18.7. The summed E-state index contributed by atoms with van der Waals surface area (Å²) in [5.74, 6) is 1.30. The summed E-state index contributed by atoms with van der Waals surface area (Å²) in [6.45, 7) is 3.26. The third kappa shape index (κ3) is 4.99. The summed E-state index contributed by atoms with van der Waals surface area (Å²) in [6, 6.07) is 2.44. The molecule has 1 saturated heterocycles. The van der Waals surface area contributed by atoms with Crippen molar-refractivity contribution in [3.05, 3.63) is 40.1 Å². The smallest absolute Gasteiger partial charge is 0.433 e. The number of aromatic nitrogens is 2. The fraction of sp³-hybridized carbons (Fsp3) is 0.579. The van der Waals surface area contributed by atoms with Gasteiger partial charge < -0.3 is 4.74 Å². The van der Waals surface area contributed by atoms with Crippen LogP contribution >= 0.6 is 11.3 Å². The number of thiazole rings is 1. The molecule has 0 radical (unpaired) electrons. The van der Waals surface area contributed by atoms with E-state index in [1.54, 1.807) is 11.3 Å². The lowest BCUT2D eigenvalue weighted by atomic mass is 9.98. The van der Waals surface area contributed by atoms with E-state index in [-0.39, 0.29) is 5.75 Å². The number of hydrogen-bond acceptors (Lipinski definition) is 5. The Balaban J connectivity index is 1.22. The average molecular weight is 397 g/mol. The Morgan fingerprint density at radius 2 is 1.96 bits per heavy atom. The number of hydrogen-bond donors (Lipinski definition) is 0. The van der Waals surface area contributed by atoms with Crippen LogP contribution in [0.1, 0.15) is 48.0 Å². The van der Waals surface area contributed by atoms with Gasteiger partial charge in [-0.2, -0.15) is 13.2 Å². The Bertz CT molecular complexity index is 768. The molecule has 1 aliphatic carbocycles. The summed E-state index contributed by atoms with van der Waals surface area (Å²) in [6.07, 6.45) is 1.22. The maximum Gasteiger partial charge on any atom is 0.433 e. The van der Waals surface area contributed by atoms with E-state index < -0.39 is 11.9 Å². The third-order valence-electron chi connectivity index (χ3n) is 5.10. The summed E-state index contributed by atoms with van der Waals surface area (Å²) in [4.78, 5) is 10.5. The Morgan fingerprint density at radius 1 is 1.19 bits per heavy atom. The fourth-order valence-corrected chi connectivity index (χ4v) is 4.31. The van der Waals surface area contributed by atoms with Gasteiger partial charge in [-0.3, -0.25) is 9.88 Å². The number of piperidine rings is 1. The molecule has 0 aromatic carbocycles. The van der Waals surface area contributed by atoms with E-state index in [1.807, 2.05) is 0 Å². The molecule has 27 heavy (non-hydrogen) atoms. The second-order valence-electron chi connectivity index (χ2n) is 7.36. The molecule has 2 aliphatic rings. The van der Waals surface area contributed by atoms with Gasteiger partial charge in [0.1, 0.15) is 11.4 Å². The van der Waals surface area contributed by atoms with E-state index in [2.05, 4.69) is 15.3 Å². The molecule has 2 fully saturated rings. The van der Waals surface area contributed by atoms with E-state index in [1.165, 1.54) is 23.9 Å². The predicted molar refractivity (Wildman–Crippen MR) is 96.8 cm³/mol. The van der Waals surface area contributed by atoms with Crippen LogP contribution in [0.4, 0.5) is 13.2 Å². The number of alkyl halides is 3. The Labute approximate surface area is 160 Å². The van der Waals surface area contributed by atoms with Crippen molar-refractivity contribution in [3.8, 4) is 5.75 Å². The minimum Gasteiger partial charge on any atom is -0.493 e. The van der Waals surface area contributed by atoms with Crippen molar-refractivity contribution in [1.29, 1.82) is 0 Å². The van der Waals surface area contributed by atoms with Crippen molar-refractivity contribution in [3.63, 3.8) is 0 Å². The summed E-state index contributed by atoms with van der Waals surface area (Å²) >= 11 is 1.77. The van der Waals surface area contributed by atoms with Gasteiger partial charge in [0, 0.05) is 30.1 Å². The van der Waals surface area contributed by atoms with E-state index in [4.69, 9.17) is 9.72 Å². The number of rotatable bonds is 6. The van der Waals surface area contributed by atoms with Gasteiger partial charge in [-0.1, -0.05) is 0 Å². The van der Waals surface area contributed by atoms with Gasteiger partial charge in [0.05, 0.1) is 17.3 Å². The first-order valence-electron chi connectivity index (χ1n) is 9.30. The lowest BCUT2D eigenvalue weighted by molar-refractivity contribution is -0.141. The molecule has 2 aromatic rings. The largest absolute Gasteiger partial charge is 0.493 e. The number of ether oxygens (including phenoxy) is 1. The van der Waals surface area contributed by atoms with Crippen LogP contribution in [0.3, 0.4) is 0 Å². The molecule has 146 valence electrons. The predicted octanol–water partition coefficient (Wildman–Crippen LogP) is 4.73. The molecule has 0 bridgehead atoms. The first-order valence-corrected chi connectivity index (χ1v) is 10.2. The van der Waals surface area contributed by atoms with Gasteiger partial charge in [0.15, 0.2) is 0 Å². The monoisotopic (exact) mass is 397 g/mol. The minimum absolute atomic E-state index is 0.231. The maximum absolute atomic E-state index is 12.7. The van der Waals surface area contributed by atoms with Crippen LogP contribution in [0.15, 0.2) is 23.7 Å². The van der Waals surface area contributed by atoms with E-state index in [9.17, 15) is 13.2 Å². The SMILES string of the molecule is FC(F)(F)c1cc(OCC2CCN(Cc3csc(C4CC4)n3)CC2)ccn1. The average Bonchev–Trinajstić information content (AvgIpc) is 3.40. The van der Waals surface area contributed by atoms with E-state index >= 15 is 0 Å². The Kier molecular flexibility index (Phi) is 5.36. The molecule has 0 spiro atoms. The van der Waals surface area contributed by atoms with Crippen molar-refractivity contribution in [1.82, 2.24) is 14.9 Å². The quantitative estimate of drug-likeness (QED) is 0.707. The topological polar surface area (TPSA) is 38.2 Å². The zero-order chi connectivity index (χ0) is 18.9. The highest BCUT2D eigenvalue weighted by Gasteiger charge is 2.33. The summed E-state index contributed by atoms with van der Waals surface area (Å²) in [5.41, 5.74) is 0.247. The molecule has 4 rings (SSSR count). The molecule has 1 saturated carbocycles. The van der Waals surface area contributed by atoms with Crippen molar-refractivity contribution < 1.29 is 17.9 Å². The van der Waals surface area contributed by atoms with E-state index in [0.29, 0.717) is 18.4 Å². The van der Waals surface area contributed by atoms with Crippen LogP contribution in [0.2, 0.25) is 0 Å². The molecule has 2 aromatic heterocycles. The lowest BCUT2D eigenvalue weighted by Crippen LogP contribution is -2.35. The summed E-state index contributed by atoms with van der Waals surface area (Å²) < 4.78 is 43.7. The van der Waals surface area contributed by atoms with Crippen LogP contribution < -0.4 is 4.74 Å². The molecule has 3 heterocycles. The second-order valence-corrected chi connectivity index (χ2v) is 8.25. The molecular weight excluding hydrogens is 375 g/mol. The zero-order valence-electron chi connectivity index (χ0n) is 14.9. The molecular formula is C19H22F3N3OS. The first-order chi connectivity index (χ1) is 13.0. The summed E-state index contributed by atoms with van der Waals surface area (Å²) in [5, 5.41) is 3.45. The van der Waals surface area contributed by atoms with E-state index in [0.717, 1.165) is 50.4 Å². The highest BCUT2D eigenvalue weighted by Crippen LogP contribution is 2.41. The van der Waals surface area contributed by atoms with Crippen LogP contribution in [-0.2, 0) is 12.7 Å². The van der Waals surface area contributed by atoms with Crippen molar-refractivity contribution >= 4 is 11.3 Å². The Hall–Kier alpha value is -1.67. The number of likely N-dealkylation sites (tertiary alicyclic amines) is 1. The number of pyridine rings is 1. The third-order valence-corrected chi connectivity index (χ3v) is 6.15. The molecule has 4 nitrogen and oxygen atoms in total. The van der Waals surface area contributed by atoms with Crippen molar-refractivity contribution in [2.75, 3.05) is 19.7 Å².